The van der Waals surface area contributed by atoms with Gasteiger partial charge >= 0.3 is 5.97 Å². The maximum Gasteiger partial charge on any atom is 0.323 e. The van der Waals surface area contributed by atoms with Crippen LogP contribution in [0.5, 0.6) is 0 Å². The number of allylic oxidation sites excluding steroid dienone is 2. The lowest BCUT2D eigenvalue weighted by Gasteiger charge is -2.10. The Labute approximate surface area is 154 Å². The zero-order chi connectivity index (χ0) is 18.8. The Morgan fingerprint density at radius 1 is 0.960 bits per heavy atom. The first-order valence-electron chi connectivity index (χ1n) is 9.64. The Balaban J connectivity index is 3.39. The minimum atomic E-state index is -1.13. The van der Waals surface area contributed by atoms with Gasteiger partial charge in [0.25, 0.3) is 0 Å². The van der Waals surface area contributed by atoms with E-state index in [9.17, 15) is 9.59 Å². The van der Waals surface area contributed by atoms with Gasteiger partial charge in [0.2, 0.25) is 0 Å². The fraction of sp³-hybridized carbons (Fsp3) is 0.789. The first kappa shape index (κ1) is 24.2. The monoisotopic (exact) mass is 373 g/mol. The number of aliphatic hydroxyl groups excluding tert-OH is 1. The second-order valence-corrected chi connectivity index (χ2v) is 7.49. The number of rotatable bonds is 18. The van der Waals surface area contributed by atoms with E-state index in [0.717, 1.165) is 25.7 Å². The minimum absolute atomic E-state index is 0.0331. The highest BCUT2D eigenvalue weighted by molar-refractivity contribution is 7.55. The molecule has 0 aromatic rings. The van der Waals surface area contributed by atoms with E-state index in [1.54, 1.807) is 0 Å². The van der Waals surface area contributed by atoms with Gasteiger partial charge in [0.05, 0.1) is 6.61 Å². The molecular weight excluding hydrogens is 337 g/mol. The number of carbonyl (C=O) groups is 2. The van der Waals surface area contributed by atoms with Crippen LogP contribution >= 0.6 is 8.73 Å². The fourth-order valence-electron chi connectivity index (χ4n) is 2.42. The molecule has 0 aliphatic rings. The van der Waals surface area contributed by atoms with E-state index in [4.69, 9.17) is 10.2 Å². The van der Waals surface area contributed by atoms with E-state index in [2.05, 4.69) is 24.2 Å². The lowest BCUT2D eigenvalue weighted by Crippen LogP contribution is -2.35. The Hall–Kier alpha value is -0.770. The Morgan fingerprint density at radius 3 is 2.08 bits per heavy atom. The Kier molecular flexibility index (Phi) is 17.5. The summed E-state index contributed by atoms with van der Waals surface area (Å²) in [6.07, 6.45) is 18.2. The van der Waals surface area contributed by atoms with Gasteiger partial charge in [-0.2, -0.15) is 0 Å². The lowest BCUT2D eigenvalue weighted by molar-refractivity contribution is -0.139. The summed E-state index contributed by atoms with van der Waals surface area (Å²) in [4.78, 5) is 22.3. The van der Waals surface area contributed by atoms with Crippen molar-refractivity contribution in [3.05, 3.63) is 12.2 Å². The van der Waals surface area contributed by atoms with Crippen molar-refractivity contribution >= 4 is 20.2 Å². The summed E-state index contributed by atoms with van der Waals surface area (Å²) in [6.45, 7) is 1.73. The van der Waals surface area contributed by atoms with Crippen LogP contribution in [0.1, 0.15) is 84.0 Å². The van der Waals surface area contributed by atoms with Crippen molar-refractivity contribution in [2.24, 2.45) is 0 Å². The number of carboxylic acids is 1. The van der Waals surface area contributed by atoms with Crippen molar-refractivity contribution in [1.29, 1.82) is 0 Å². The molecule has 0 spiro atoms. The average molecular weight is 373 g/mol. The molecule has 0 aliphatic heterocycles. The summed E-state index contributed by atoms with van der Waals surface area (Å²) in [5.41, 5.74) is 0.0331. The normalized spacial score (nSPS) is 13.0. The molecule has 0 aromatic carbocycles. The van der Waals surface area contributed by atoms with Crippen molar-refractivity contribution in [1.82, 2.24) is 5.09 Å². The molecular formula is C19H36NO4P. The van der Waals surface area contributed by atoms with Crippen LogP contribution in [-0.4, -0.2) is 34.4 Å². The van der Waals surface area contributed by atoms with Crippen LogP contribution in [0.2, 0.25) is 0 Å². The topological polar surface area (TPSA) is 86.6 Å². The van der Waals surface area contributed by atoms with E-state index in [1.807, 2.05) is 0 Å². The zero-order valence-corrected chi connectivity index (χ0v) is 16.6. The predicted octanol–water partition coefficient (Wildman–Crippen LogP) is 4.40. The molecule has 0 fully saturated rings. The number of carbonyl (C=O) groups excluding carboxylic acids is 1. The molecule has 0 saturated carbocycles. The number of unbranched alkanes of at least 4 members (excludes halogenated alkanes) is 9. The van der Waals surface area contributed by atoms with Crippen molar-refractivity contribution in [2.45, 2.75) is 90.0 Å². The van der Waals surface area contributed by atoms with Gasteiger partial charge in [-0.05, 0) is 32.1 Å². The smallest absolute Gasteiger partial charge is 0.323 e. The number of nitrogens with one attached hydrogen (secondary N) is 1. The van der Waals surface area contributed by atoms with Crippen molar-refractivity contribution in [3.63, 3.8) is 0 Å². The highest BCUT2D eigenvalue weighted by Gasteiger charge is 2.16. The lowest BCUT2D eigenvalue weighted by atomic mass is 10.1. The molecule has 0 rings (SSSR count). The number of carboxylic acid groups (broad SMARTS) is 1. The van der Waals surface area contributed by atoms with Gasteiger partial charge in [-0.3, -0.25) is 14.7 Å². The fourth-order valence-corrected chi connectivity index (χ4v) is 3.27. The second-order valence-electron chi connectivity index (χ2n) is 6.39. The van der Waals surface area contributed by atoms with Crippen LogP contribution in [0.4, 0.5) is 0 Å². The third-order valence-electron chi connectivity index (χ3n) is 4.03. The summed E-state index contributed by atoms with van der Waals surface area (Å²) in [6, 6.07) is -1.04. The maximum absolute atomic E-state index is 11.7. The Morgan fingerprint density at radius 2 is 1.52 bits per heavy atom. The van der Waals surface area contributed by atoms with Gasteiger partial charge < -0.3 is 10.2 Å². The molecule has 0 aromatic heterocycles. The van der Waals surface area contributed by atoms with Gasteiger partial charge in [0.15, 0.2) is 5.52 Å². The van der Waals surface area contributed by atoms with Gasteiger partial charge in [-0.25, -0.2) is 0 Å². The summed E-state index contributed by atoms with van der Waals surface area (Å²) in [5, 5.41) is 20.2. The second kappa shape index (κ2) is 18.0. The molecule has 2 unspecified atom stereocenters. The molecule has 6 heteroatoms. The van der Waals surface area contributed by atoms with E-state index < -0.39 is 18.6 Å². The molecule has 0 bridgehead atoms. The van der Waals surface area contributed by atoms with Gasteiger partial charge in [0.1, 0.15) is 6.04 Å². The third kappa shape index (κ3) is 16.4. The Bertz CT molecular complexity index is 374. The summed E-state index contributed by atoms with van der Waals surface area (Å²) in [5.74, 6) is -1.13. The molecule has 3 N–H and O–H groups in total. The molecule has 0 saturated heterocycles. The third-order valence-corrected chi connectivity index (χ3v) is 5.05. The standard InChI is InChI=1S/C19H36NO4P/c1-2-3-4-5-6-7-8-9-10-11-12-13-14-15-18(22)25-20-17(16-21)19(23)24/h7-8,17,20-21,25H,2-6,9-16H2,1H3,(H,23,24)/b8-7-. The zero-order valence-electron chi connectivity index (χ0n) is 15.6. The van der Waals surface area contributed by atoms with E-state index in [1.165, 1.54) is 44.9 Å². The highest BCUT2D eigenvalue weighted by atomic mass is 31.1. The van der Waals surface area contributed by atoms with E-state index >= 15 is 0 Å². The first-order valence-corrected chi connectivity index (χ1v) is 10.6. The van der Waals surface area contributed by atoms with Gasteiger partial charge in [-0.15, -0.1) is 0 Å². The van der Waals surface area contributed by atoms with Crippen LogP contribution in [0.25, 0.3) is 0 Å². The van der Waals surface area contributed by atoms with Crippen molar-refractivity contribution < 1.29 is 19.8 Å². The molecule has 146 valence electrons. The number of hydrogen-bond donors (Lipinski definition) is 3. The molecule has 2 atom stereocenters. The van der Waals surface area contributed by atoms with Crippen molar-refractivity contribution in [2.75, 3.05) is 6.61 Å². The SMILES string of the molecule is CCCCCC/C=C\CCCCCCCC(=O)PNC(CO)C(=O)O. The molecule has 0 amide bonds. The molecule has 0 aliphatic carbocycles. The summed E-state index contributed by atoms with van der Waals surface area (Å²) in [7, 11) is -0.242. The minimum Gasteiger partial charge on any atom is -0.480 e. The molecule has 0 heterocycles. The van der Waals surface area contributed by atoms with E-state index in [0.29, 0.717) is 6.42 Å². The van der Waals surface area contributed by atoms with Crippen LogP contribution in [0, 0.1) is 0 Å². The number of hydrogen-bond acceptors (Lipinski definition) is 4. The summed E-state index contributed by atoms with van der Waals surface area (Å²) < 4.78 is 0. The van der Waals surface area contributed by atoms with Crippen molar-refractivity contribution in [3.8, 4) is 0 Å². The predicted molar refractivity (Wildman–Crippen MR) is 105 cm³/mol. The average Bonchev–Trinajstić information content (AvgIpc) is 2.59. The quantitative estimate of drug-likeness (QED) is 0.188. The van der Waals surface area contributed by atoms with E-state index in [-0.39, 0.29) is 14.3 Å². The largest absolute Gasteiger partial charge is 0.480 e. The maximum atomic E-state index is 11.7. The van der Waals surface area contributed by atoms with Crippen LogP contribution < -0.4 is 5.09 Å². The van der Waals surface area contributed by atoms with Gasteiger partial charge in [-0.1, -0.05) is 57.6 Å². The van der Waals surface area contributed by atoms with Crippen LogP contribution in [0.15, 0.2) is 12.2 Å². The number of aliphatic carboxylic acids is 1. The highest BCUT2D eigenvalue weighted by Crippen LogP contribution is 2.15. The summed E-state index contributed by atoms with van der Waals surface area (Å²) >= 11 is 0. The molecule has 25 heavy (non-hydrogen) atoms. The molecule has 5 nitrogen and oxygen atoms in total. The first-order chi connectivity index (χ1) is 12.1. The van der Waals surface area contributed by atoms with Crippen LogP contribution in [0.3, 0.4) is 0 Å². The number of aliphatic hydroxyl groups is 1. The van der Waals surface area contributed by atoms with Gasteiger partial charge in [0, 0.05) is 15.2 Å². The molecule has 0 radical (unpaired) electrons. The van der Waals surface area contributed by atoms with Crippen LogP contribution in [-0.2, 0) is 9.59 Å².